The molecule has 0 radical (unpaired) electrons. The van der Waals surface area contributed by atoms with Crippen LogP contribution in [0.3, 0.4) is 0 Å². The predicted molar refractivity (Wildman–Crippen MR) is 122 cm³/mol. The smallest absolute Gasteiger partial charge is 0.407 e. The zero-order valence-electron chi connectivity index (χ0n) is 18.6. The Kier molecular flexibility index (Phi) is 8.87. The Morgan fingerprint density at radius 3 is 2.47 bits per heavy atom. The van der Waals surface area contributed by atoms with E-state index in [-0.39, 0.29) is 26.0 Å². The lowest BCUT2D eigenvalue weighted by Gasteiger charge is -2.18. The molecule has 34 heavy (non-hydrogen) atoms. The quantitative estimate of drug-likeness (QED) is 0.382. The van der Waals surface area contributed by atoms with Crippen LogP contribution in [0, 0.1) is 0 Å². The molecule has 0 bridgehead atoms. The third kappa shape index (κ3) is 7.52. The lowest BCUT2D eigenvalue weighted by molar-refractivity contribution is -0.145. The molecule has 0 aliphatic carbocycles. The van der Waals surface area contributed by atoms with Crippen LogP contribution in [0.15, 0.2) is 60.8 Å². The largest absolute Gasteiger partial charge is 0.467 e. The Hall–Kier alpha value is -4.05. The average molecular weight is 466 g/mol. The van der Waals surface area contributed by atoms with E-state index in [1.54, 1.807) is 6.07 Å². The first kappa shape index (κ1) is 24.6. The number of methoxy groups -OCH3 is 1. The number of fused-ring (bicyclic) bond motifs is 1. The number of aromatic nitrogens is 2. The number of nitrogens with one attached hydrogen (secondary N) is 2. The molecule has 178 valence electrons. The minimum atomic E-state index is -1.18. The summed E-state index contributed by atoms with van der Waals surface area (Å²) >= 11 is 0. The number of amides is 2. The maximum absolute atomic E-state index is 12.4. The SMILES string of the molecule is COC(=O)[C@H](Cc1cnc2ccccc2n1)NC(=O)C[C@@H](O)CNC(=O)OCc1ccccc1. The highest BCUT2D eigenvalue weighted by atomic mass is 16.5. The highest BCUT2D eigenvalue weighted by Gasteiger charge is 2.24. The molecule has 3 rings (SSSR count). The van der Waals surface area contributed by atoms with Crippen molar-refractivity contribution < 1.29 is 29.0 Å². The number of benzene rings is 2. The van der Waals surface area contributed by atoms with E-state index in [2.05, 4.69) is 20.6 Å². The van der Waals surface area contributed by atoms with Gasteiger partial charge in [0.1, 0.15) is 12.6 Å². The van der Waals surface area contributed by atoms with Gasteiger partial charge in [0.05, 0.1) is 36.4 Å². The van der Waals surface area contributed by atoms with Crippen LogP contribution in [0.2, 0.25) is 0 Å². The zero-order chi connectivity index (χ0) is 24.3. The van der Waals surface area contributed by atoms with Crippen LogP contribution in [-0.2, 0) is 32.1 Å². The standard InChI is InChI=1S/C24H26N4O6/c1-33-23(31)21(11-17-13-25-19-9-5-6-10-20(19)27-17)28-22(30)12-18(29)14-26-24(32)34-15-16-7-3-2-4-8-16/h2-10,13,18,21,29H,11-12,14-15H2,1H3,(H,26,32)(H,28,30)/t18-,21+/m1/s1. The van der Waals surface area contributed by atoms with Crippen LogP contribution in [-0.4, -0.2) is 58.8 Å². The van der Waals surface area contributed by atoms with Crippen molar-refractivity contribution in [3.8, 4) is 0 Å². The van der Waals surface area contributed by atoms with Gasteiger partial charge in [-0.2, -0.15) is 0 Å². The number of rotatable bonds is 10. The van der Waals surface area contributed by atoms with Gasteiger partial charge in [-0.1, -0.05) is 42.5 Å². The summed E-state index contributed by atoms with van der Waals surface area (Å²) in [5.41, 5.74) is 2.69. The summed E-state index contributed by atoms with van der Waals surface area (Å²) in [6.45, 7) is -0.109. The first-order valence-corrected chi connectivity index (χ1v) is 10.6. The second-order valence-electron chi connectivity index (χ2n) is 7.50. The van der Waals surface area contributed by atoms with Gasteiger partial charge in [0.25, 0.3) is 0 Å². The average Bonchev–Trinajstić information content (AvgIpc) is 2.85. The molecule has 0 fully saturated rings. The van der Waals surface area contributed by atoms with E-state index in [0.717, 1.165) is 5.56 Å². The molecule has 2 amide bonds. The third-order valence-electron chi connectivity index (χ3n) is 4.85. The van der Waals surface area contributed by atoms with Crippen molar-refractivity contribution >= 4 is 29.0 Å². The summed E-state index contributed by atoms with van der Waals surface area (Å²) in [6.07, 6.45) is -0.634. The number of alkyl carbamates (subject to hydrolysis) is 1. The van der Waals surface area contributed by atoms with E-state index < -0.39 is 30.1 Å². The lowest BCUT2D eigenvalue weighted by atomic mass is 10.1. The highest BCUT2D eigenvalue weighted by Crippen LogP contribution is 2.10. The van der Waals surface area contributed by atoms with Crippen molar-refractivity contribution in [3.63, 3.8) is 0 Å². The normalized spacial score (nSPS) is 12.4. The van der Waals surface area contributed by atoms with Crippen LogP contribution in [0.1, 0.15) is 17.7 Å². The van der Waals surface area contributed by atoms with Crippen LogP contribution in [0.5, 0.6) is 0 Å². The minimum Gasteiger partial charge on any atom is -0.467 e. The molecule has 10 nitrogen and oxygen atoms in total. The summed E-state index contributed by atoms with van der Waals surface area (Å²) in [5, 5.41) is 15.0. The number of hydrogen-bond acceptors (Lipinski definition) is 8. The van der Waals surface area contributed by atoms with E-state index in [1.807, 2.05) is 48.5 Å². The molecular weight excluding hydrogens is 440 g/mol. The molecule has 3 N–H and O–H groups in total. The second-order valence-corrected chi connectivity index (χ2v) is 7.50. The molecule has 0 saturated heterocycles. The molecule has 0 saturated carbocycles. The molecule has 0 aliphatic rings. The van der Waals surface area contributed by atoms with Crippen molar-refractivity contribution in [2.24, 2.45) is 0 Å². The van der Waals surface area contributed by atoms with E-state index in [4.69, 9.17) is 9.47 Å². The number of aliphatic hydroxyl groups is 1. The number of para-hydroxylation sites is 2. The Bertz CT molecular complexity index is 1120. The topological polar surface area (TPSA) is 140 Å². The third-order valence-corrected chi connectivity index (χ3v) is 4.85. The summed E-state index contributed by atoms with van der Waals surface area (Å²) in [5.74, 6) is -1.24. The van der Waals surface area contributed by atoms with E-state index in [1.165, 1.54) is 13.3 Å². The fraction of sp³-hybridized carbons (Fsp3) is 0.292. The molecule has 2 aromatic carbocycles. The Morgan fingerprint density at radius 2 is 1.74 bits per heavy atom. The van der Waals surface area contributed by atoms with Crippen molar-refractivity contribution in [2.45, 2.75) is 31.6 Å². The number of ether oxygens (including phenoxy) is 2. The van der Waals surface area contributed by atoms with Gasteiger partial charge < -0.3 is 25.2 Å². The molecule has 0 aliphatic heterocycles. The Balaban J connectivity index is 1.47. The van der Waals surface area contributed by atoms with Crippen molar-refractivity contribution in [1.82, 2.24) is 20.6 Å². The Labute approximate surface area is 196 Å². The van der Waals surface area contributed by atoms with Crippen molar-refractivity contribution in [1.29, 1.82) is 0 Å². The molecule has 10 heteroatoms. The minimum absolute atomic E-state index is 0.0659. The van der Waals surface area contributed by atoms with Gasteiger partial charge in [-0.15, -0.1) is 0 Å². The summed E-state index contributed by atoms with van der Waals surface area (Å²) < 4.78 is 9.84. The molecule has 2 atom stereocenters. The van der Waals surface area contributed by atoms with Crippen LogP contribution < -0.4 is 10.6 Å². The summed E-state index contributed by atoms with van der Waals surface area (Å²) in [6, 6.07) is 15.4. The summed E-state index contributed by atoms with van der Waals surface area (Å²) in [4.78, 5) is 45.1. The van der Waals surface area contributed by atoms with Crippen LogP contribution >= 0.6 is 0 Å². The Morgan fingerprint density at radius 1 is 1.03 bits per heavy atom. The second kappa shape index (κ2) is 12.3. The van der Waals surface area contributed by atoms with Crippen LogP contribution in [0.25, 0.3) is 11.0 Å². The monoisotopic (exact) mass is 466 g/mol. The number of carbonyl (C=O) groups excluding carboxylic acids is 3. The maximum atomic E-state index is 12.4. The van der Waals surface area contributed by atoms with E-state index in [9.17, 15) is 19.5 Å². The highest BCUT2D eigenvalue weighted by molar-refractivity contribution is 5.85. The molecule has 1 heterocycles. The fourth-order valence-corrected chi connectivity index (χ4v) is 3.15. The molecule has 3 aromatic rings. The van der Waals surface area contributed by atoms with Gasteiger partial charge in [-0.05, 0) is 17.7 Å². The van der Waals surface area contributed by atoms with Gasteiger partial charge in [0.15, 0.2) is 0 Å². The molecule has 1 aromatic heterocycles. The first-order chi connectivity index (χ1) is 16.4. The fourth-order valence-electron chi connectivity index (χ4n) is 3.15. The van der Waals surface area contributed by atoms with E-state index >= 15 is 0 Å². The summed E-state index contributed by atoms with van der Waals surface area (Å²) in [7, 11) is 1.22. The van der Waals surface area contributed by atoms with Gasteiger partial charge in [0.2, 0.25) is 5.91 Å². The van der Waals surface area contributed by atoms with Gasteiger partial charge in [-0.3, -0.25) is 9.78 Å². The molecule has 0 spiro atoms. The number of carbonyl (C=O) groups is 3. The van der Waals surface area contributed by atoms with E-state index in [0.29, 0.717) is 16.7 Å². The number of esters is 1. The maximum Gasteiger partial charge on any atom is 0.407 e. The first-order valence-electron chi connectivity index (χ1n) is 10.6. The van der Waals surface area contributed by atoms with Crippen molar-refractivity contribution in [2.75, 3.05) is 13.7 Å². The van der Waals surface area contributed by atoms with Crippen LogP contribution in [0.4, 0.5) is 4.79 Å². The van der Waals surface area contributed by atoms with Gasteiger partial charge in [-0.25, -0.2) is 14.6 Å². The van der Waals surface area contributed by atoms with Gasteiger partial charge in [0, 0.05) is 19.2 Å². The number of aliphatic hydroxyl groups excluding tert-OH is 1. The molecular formula is C24H26N4O6. The zero-order valence-corrected chi connectivity index (χ0v) is 18.6. The van der Waals surface area contributed by atoms with Crippen molar-refractivity contribution in [3.05, 3.63) is 72.1 Å². The number of nitrogens with zero attached hydrogens (tertiary/aromatic N) is 2. The van der Waals surface area contributed by atoms with Gasteiger partial charge >= 0.3 is 12.1 Å². The number of hydrogen-bond donors (Lipinski definition) is 3. The lowest BCUT2D eigenvalue weighted by Crippen LogP contribution is -2.45. The predicted octanol–water partition coefficient (Wildman–Crippen LogP) is 1.51. The molecule has 0 unspecified atom stereocenters.